The molecule has 1 N–H and O–H groups in total. The van der Waals surface area contributed by atoms with Crippen LogP contribution >= 0.6 is 23.2 Å². The van der Waals surface area contributed by atoms with Crippen LogP contribution < -0.4 is 5.32 Å². The van der Waals surface area contributed by atoms with E-state index in [1.54, 1.807) is 18.2 Å². The van der Waals surface area contributed by atoms with Crippen LogP contribution in [0.2, 0.25) is 10.2 Å². The van der Waals surface area contributed by atoms with Crippen LogP contribution in [0.1, 0.15) is 31.1 Å². The predicted octanol–water partition coefficient (Wildman–Crippen LogP) is 4.32. The molecule has 106 valence electrons. The average Bonchev–Trinajstić information content (AvgIpc) is 2.42. The molecule has 1 unspecified atom stereocenters. The number of hydrogen-bond acceptors (Lipinski definition) is 2. The molecule has 0 aliphatic rings. The van der Waals surface area contributed by atoms with Gasteiger partial charge in [0.15, 0.2) is 0 Å². The Kier molecular flexibility index (Phi) is 4.51. The first-order chi connectivity index (χ1) is 9.40. The van der Waals surface area contributed by atoms with E-state index in [1.807, 2.05) is 6.92 Å². The summed E-state index contributed by atoms with van der Waals surface area (Å²) in [6.07, 6.45) is 1.51. The number of amides is 1. The topological polar surface area (TPSA) is 42.0 Å². The van der Waals surface area contributed by atoms with Crippen molar-refractivity contribution in [1.82, 2.24) is 10.3 Å². The highest BCUT2D eigenvalue weighted by Gasteiger charge is 2.14. The summed E-state index contributed by atoms with van der Waals surface area (Å²) in [6.45, 7) is 6.10. The molecule has 1 atom stereocenters. The van der Waals surface area contributed by atoms with Gasteiger partial charge in [-0.15, -0.1) is 0 Å². The van der Waals surface area contributed by atoms with Crippen molar-refractivity contribution >= 4 is 39.9 Å². The van der Waals surface area contributed by atoms with Crippen LogP contribution in [0.3, 0.4) is 0 Å². The van der Waals surface area contributed by atoms with Crippen molar-refractivity contribution in [1.29, 1.82) is 0 Å². The average molecular weight is 311 g/mol. The maximum atomic E-state index is 12.2. The number of benzene rings is 1. The Labute approximate surface area is 128 Å². The molecule has 0 saturated carbocycles. The molecule has 0 aliphatic carbocycles. The molecule has 0 radical (unpaired) electrons. The minimum Gasteiger partial charge on any atom is -0.349 e. The smallest absolute Gasteiger partial charge is 0.251 e. The number of rotatable bonds is 3. The van der Waals surface area contributed by atoms with Gasteiger partial charge in [-0.05, 0) is 25.0 Å². The van der Waals surface area contributed by atoms with E-state index in [-0.39, 0.29) is 11.9 Å². The molecule has 1 heterocycles. The van der Waals surface area contributed by atoms with Gasteiger partial charge in [-0.1, -0.05) is 43.1 Å². The lowest BCUT2D eigenvalue weighted by Gasteiger charge is -2.17. The number of fused-ring (bicyclic) bond motifs is 1. The number of carbonyl (C=O) groups excluding carboxylic acids is 1. The van der Waals surface area contributed by atoms with E-state index in [0.29, 0.717) is 27.0 Å². The molecule has 0 saturated heterocycles. The third-order valence-electron chi connectivity index (χ3n) is 3.41. The molecular formula is C15H16Cl2N2O. The quantitative estimate of drug-likeness (QED) is 0.858. The molecule has 2 aromatic rings. The van der Waals surface area contributed by atoms with E-state index in [2.05, 4.69) is 24.1 Å². The fraction of sp³-hybridized carbons (Fsp3) is 0.333. The van der Waals surface area contributed by atoms with Crippen LogP contribution in [-0.4, -0.2) is 16.9 Å². The second kappa shape index (κ2) is 5.98. The molecule has 0 bridgehead atoms. The van der Waals surface area contributed by atoms with Gasteiger partial charge in [-0.3, -0.25) is 4.79 Å². The second-order valence-corrected chi connectivity index (χ2v) is 5.93. The number of aromatic nitrogens is 1. The standard InChI is InChI=1S/C15H16Cl2N2O/c1-8(2)9(3)19-15(20)10-4-5-11-12(6-10)14(17)18-7-13(11)16/h4-9H,1-3H3,(H,19,20). The van der Waals surface area contributed by atoms with E-state index < -0.39 is 0 Å². The van der Waals surface area contributed by atoms with Crippen molar-refractivity contribution in [3.8, 4) is 0 Å². The van der Waals surface area contributed by atoms with Crippen molar-refractivity contribution in [2.24, 2.45) is 5.92 Å². The minimum atomic E-state index is -0.121. The van der Waals surface area contributed by atoms with Crippen LogP contribution in [0.15, 0.2) is 24.4 Å². The summed E-state index contributed by atoms with van der Waals surface area (Å²) in [6, 6.07) is 5.36. The molecule has 1 aromatic carbocycles. The summed E-state index contributed by atoms with van der Waals surface area (Å²) < 4.78 is 0. The maximum Gasteiger partial charge on any atom is 0.251 e. The zero-order valence-corrected chi connectivity index (χ0v) is 13.1. The zero-order chi connectivity index (χ0) is 14.9. The fourth-order valence-corrected chi connectivity index (χ4v) is 2.19. The molecule has 0 aliphatic heterocycles. The Balaban J connectivity index is 2.37. The van der Waals surface area contributed by atoms with Gasteiger partial charge in [0.1, 0.15) is 5.15 Å². The van der Waals surface area contributed by atoms with Gasteiger partial charge in [0.2, 0.25) is 0 Å². The molecule has 5 heteroatoms. The van der Waals surface area contributed by atoms with Crippen molar-refractivity contribution in [3.63, 3.8) is 0 Å². The molecule has 1 amide bonds. The Morgan fingerprint density at radius 3 is 2.55 bits per heavy atom. The predicted molar refractivity (Wildman–Crippen MR) is 83.5 cm³/mol. The Bertz CT molecular complexity index is 656. The SMILES string of the molecule is CC(C)C(C)NC(=O)c1ccc2c(Cl)cnc(Cl)c2c1. The first-order valence-corrected chi connectivity index (χ1v) is 7.20. The van der Waals surface area contributed by atoms with Crippen molar-refractivity contribution in [2.75, 3.05) is 0 Å². The van der Waals surface area contributed by atoms with E-state index in [4.69, 9.17) is 23.2 Å². The van der Waals surface area contributed by atoms with E-state index in [9.17, 15) is 4.79 Å². The largest absolute Gasteiger partial charge is 0.349 e. The van der Waals surface area contributed by atoms with Crippen molar-refractivity contribution < 1.29 is 4.79 Å². The Hall–Kier alpha value is -1.32. The minimum absolute atomic E-state index is 0.103. The van der Waals surface area contributed by atoms with Crippen molar-refractivity contribution in [2.45, 2.75) is 26.8 Å². The number of pyridine rings is 1. The van der Waals surface area contributed by atoms with Gasteiger partial charge in [0.05, 0.1) is 5.02 Å². The van der Waals surface area contributed by atoms with Gasteiger partial charge in [-0.2, -0.15) is 0 Å². The molecule has 1 aromatic heterocycles. The summed E-state index contributed by atoms with van der Waals surface area (Å²) in [5.41, 5.74) is 0.552. The number of nitrogens with one attached hydrogen (secondary N) is 1. The summed E-state index contributed by atoms with van der Waals surface area (Å²) in [4.78, 5) is 16.2. The van der Waals surface area contributed by atoms with Gasteiger partial charge in [-0.25, -0.2) is 4.98 Å². The number of halogens is 2. The van der Waals surface area contributed by atoms with E-state index in [1.165, 1.54) is 6.20 Å². The molecule has 0 fully saturated rings. The van der Waals surface area contributed by atoms with Crippen LogP contribution in [-0.2, 0) is 0 Å². The normalized spacial score (nSPS) is 12.7. The highest BCUT2D eigenvalue weighted by atomic mass is 35.5. The van der Waals surface area contributed by atoms with Crippen LogP contribution in [0.25, 0.3) is 10.8 Å². The zero-order valence-electron chi connectivity index (χ0n) is 11.6. The summed E-state index contributed by atoms with van der Waals surface area (Å²) in [5, 5.41) is 5.30. The summed E-state index contributed by atoms with van der Waals surface area (Å²) in [5.74, 6) is 0.253. The number of hydrogen-bond donors (Lipinski definition) is 1. The fourth-order valence-electron chi connectivity index (χ4n) is 1.77. The summed E-state index contributed by atoms with van der Waals surface area (Å²) >= 11 is 12.1. The van der Waals surface area contributed by atoms with Crippen LogP contribution in [0, 0.1) is 5.92 Å². The molecular weight excluding hydrogens is 295 g/mol. The monoisotopic (exact) mass is 310 g/mol. The highest BCUT2D eigenvalue weighted by Crippen LogP contribution is 2.28. The molecule has 3 nitrogen and oxygen atoms in total. The first-order valence-electron chi connectivity index (χ1n) is 6.44. The highest BCUT2D eigenvalue weighted by molar-refractivity contribution is 6.39. The lowest BCUT2D eigenvalue weighted by Crippen LogP contribution is -2.36. The molecule has 0 spiro atoms. The van der Waals surface area contributed by atoms with E-state index >= 15 is 0 Å². The third-order valence-corrected chi connectivity index (χ3v) is 4.01. The Morgan fingerprint density at radius 1 is 1.20 bits per heavy atom. The maximum absolute atomic E-state index is 12.2. The first kappa shape index (κ1) is 15.1. The van der Waals surface area contributed by atoms with Crippen LogP contribution in [0.4, 0.5) is 0 Å². The second-order valence-electron chi connectivity index (χ2n) is 5.16. The lowest BCUT2D eigenvalue weighted by molar-refractivity contribution is 0.0930. The van der Waals surface area contributed by atoms with Gasteiger partial charge in [0, 0.05) is 28.6 Å². The number of carbonyl (C=O) groups is 1. The third kappa shape index (κ3) is 3.05. The number of nitrogens with zero attached hydrogens (tertiary/aromatic N) is 1. The van der Waals surface area contributed by atoms with Gasteiger partial charge >= 0.3 is 0 Å². The lowest BCUT2D eigenvalue weighted by atomic mass is 10.0. The molecule has 20 heavy (non-hydrogen) atoms. The van der Waals surface area contributed by atoms with Gasteiger partial charge < -0.3 is 5.32 Å². The van der Waals surface area contributed by atoms with Crippen LogP contribution in [0.5, 0.6) is 0 Å². The van der Waals surface area contributed by atoms with E-state index in [0.717, 1.165) is 5.39 Å². The van der Waals surface area contributed by atoms with Gasteiger partial charge in [0.25, 0.3) is 5.91 Å². The molecule has 2 rings (SSSR count). The Morgan fingerprint density at radius 2 is 1.90 bits per heavy atom. The summed E-state index contributed by atoms with van der Waals surface area (Å²) in [7, 11) is 0. The van der Waals surface area contributed by atoms with Crippen molar-refractivity contribution in [3.05, 3.63) is 40.1 Å².